The minimum Gasteiger partial charge on any atom is -0.497 e. The summed E-state index contributed by atoms with van der Waals surface area (Å²) in [5.41, 5.74) is 0.813. The fourth-order valence-corrected chi connectivity index (χ4v) is 3.60. The number of aromatic nitrogens is 4. The molecule has 0 saturated carbocycles. The van der Waals surface area contributed by atoms with Crippen LogP contribution in [0.15, 0.2) is 40.4 Å². The summed E-state index contributed by atoms with van der Waals surface area (Å²) in [4.78, 5) is 32.1. The van der Waals surface area contributed by atoms with Crippen molar-refractivity contribution >= 4 is 22.8 Å². The standard InChI is InChI=1S/C19H21N5O4/c1-5-8-24-17(25)15-16(21(2)19(24)26)20-18-22(9-10-23(15)18)13-7-6-12(27-3)11-14(13)28-4/h5-7,11H,1,8-10H2,2-4H3. The third kappa shape index (κ3) is 2.43. The maximum atomic E-state index is 12.9. The Kier molecular flexibility index (Phi) is 4.21. The third-order valence-electron chi connectivity index (χ3n) is 4.99. The van der Waals surface area contributed by atoms with E-state index in [0.29, 0.717) is 41.7 Å². The highest BCUT2D eigenvalue weighted by Crippen LogP contribution is 2.39. The van der Waals surface area contributed by atoms with Gasteiger partial charge in [0.15, 0.2) is 11.2 Å². The van der Waals surface area contributed by atoms with Gasteiger partial charge in [0.05, 0.1) is 19.9 Å². The van der Waals surface area contributed by atoms with Gasteiger partial charge in [-0.3, -0.25) is 13.9 Å². The molecule has 1 aromatic carbocycles. The molecule has 0 radical (unpaired) electrons. The van der Waals surface area contributed by atoms with Crippen LogP contribution in [0.4, 0.5) is 11.6 Å². The van der Waals surface area contributed by atoms with Crippen molar-refractivity contribution in [3.8, 4) is 11.5 Å². The van der Waals surface area contributed by atoms with Gasteiger partial charge in [0.1, 0.15) is 11.5 Å². The van der Waals surface area contributed by atoms with Gasteiger partial charge < -0.3 is 18.9 Å². The molecule has 4 rings (SSSR count). The molecule has 1 aliphatic heterocycles. The number of nitrogens with zero attached hydrogens (tertiary/aromatic N) is 5. The minimum absolute atomic E-state index is 0.151. The molecule has 9 heteroatoms. The first-order chi connectivity index (χ1) is 13.5. The highest BCUT2D eigenvalue weighted by atomic mass is 16.5. The lowest BCUT2D eigenvalue weighted by molar-refractivity contribution is 0.395. The van der Waals surface area contributed by atoms with E-state index >= 15 is 0 Å². The van der Waals surface area contributed by atoms with E-state index in [0.717, 1.165) is 5.69 Å². The van der Waals surface area contributed by atoms with Crippen LogP contribution in [0, 0.1) is 0 Å². The molecule has 0 unspecified atom stereocenters. The van der Waals surface area contributed by atoms with Gasteiger partial charge in [-0.05, 0) is 12.1 Å². The van der Waals surface area contributed by atoms with Crippen molar-refractivity contribution in [2.75, 3.05) is 25.7 Å². The number of fused-ring (bicyclic) bond motifs is 3. The maximum absolute atomic E-state index is 12.9. The number of hydrogen-bond acceptors (Lipinski definition) is 6. The second-order valence-corrected chi connectivity index (χ2v) is 6.47. The lowest BCUT2D eigenvalue weighted by Gasteiger charge is -2.19. The van der Waals surface area contributed by atoms with Crippen LogP contribution in [0.2, 0.25) is 0 Å². The highest BCUT2D eigenvalue weighted by Gasteiger charge is 2.30. The number of hydrogen-bond donors (Lipinski definition) is 0. The van der Waals surface area contributed by atoms with E-state index < -0.39 is 5.69 Å². The number of imidazole rings is 1. The monoisotopic (exact) mass is 383 g/mol. The summed E-state index contributed by atoms with van der Waals surface area (Å²) in [5, 5.41) is 0. The highest BCUT2D eigenvalue weighted by molar-refractivity contribution is 5.79. The van der Waals surface area contributed by atoms with E-state index in [-0.39, 0.29) is 12.1 Å². The van der Waals surface area contributed by atoms with Gasteiger partial charge in [-0.25, -0.2) is 4.79 Å². The lowest BCUT2D eigenvalue weighted by Crippen LogP contribution is -2.39. The maximum Gasteiger partial charge on any atom is 0.332 e. The summed E-state index contributed by atoms with van der Waals surface area (Å²) in [6.07, 6.45) is 1.53. The summed E-state index contributed by atoms with van der Waals surface area (Å²) in [6, 6.07) is 5.53. The number of ether oxygens (including phenoxy) is 2. The van der Waals surface area contributed by atoms with Gasteiger partial charge in [-0.15, -0.1) is 6.58 Å². The largest absolute Gasteiger partial charge is 0.497 e. The molecule has 146 valence electrons. The average Bonchev–Trinajstić information content (AvgIpc) is 3.28. The van der Waals surface area contributed by atoms with Crippen molar-refractivity contribution in [3.63, 3.8) is 0 Å². The van der Waals surface area contributed by atoms with Crippen molar-refractivity contribution in [2.24, 2.45) is 7.05 Å². The summed E-state index contributed by atoms with van der Waals surface area (Å²) >= 11 is 0. The van der Waals surface area contributed by atoms with E-state index in [9.17, 15) is 9.59 Å². The van der Waals surface area contributed by atoms with E-state index in [1.165, 1.54) is 15.2 Å². The van der Waals surface area contributed by atoms with Gasteiger partial charge in [0.25, 0.3) is 5.56 Å². The number of anilines is 2. The molecule has 2 aromatic heterocycles. The second kappa shape index (κ2) is 6.59. The molecule has 1 aliphatic rings. The molecule has 0 atom stereocenters. The van der Waals surface area contributed by atoms with Gasteiger partial charge >= 0.3 is 5.69 Å². The Labute approximate surface area is 160 Å². The Morgan fingerprint density at radius 3 is 2.68 bits per heavy atom. The Bertz CT molecular complexity index is 1200. The number of aryl methyl sites for hydroxylation is 1. The molecule has 0 saturated heterocycles. The molecule has 28 heavy (non-hydrogen) atoms. The fraction of sp³-hybridized carbons (Fsp3) is 0.316. The van der Waals surface area contributed by atoms with E-state index in [2.05, 4.69) is 11.6 Å². The van der Waals surface area contributed by atoms with Crippen LogP contribution in [0.3, 0.4) is 0 Å². The summed E-state index contributed by atoms with van der Waals surface area (Å²) < 4.78 is 15.2. The molecule has 0 spiro atoms. The molecule has 9 nitrogen and oxygen atoms in total. The van der Waals surface area contributed by atoms with Crippen molar-refractivity contribution in [3.05, 3.63) is 51.7 Å². The predicted octanol–water partition coefficient (Wildman–Crippen LogP) is 1.25. The van der Waals surface area contributed by atoms with Crippen LogP contribution >= 0.6 is 0 Å². The Morgan fingerprint density at radius 1 is 1.21 bits per heavy atom. The molecule has 0 fully saturated rings. The molecule has 0 amide bonds. The average molecular weight is 383 g/mol. The Hall–Kier alpha value is -3.49. The van der Waals surface area contributed by atoms with Crippen molar-refractivity contribution in [1.29, 1.82) is 0 Å². The van der Waals surface area contributed by atoms with E-state index in [4.69, 9.17) is 9.47 Å². The van der Waals surface area contributed by atoms with Gasteiger partial charge in [-0.1, -0.05) is 6.08 Å². The number of allylic oxidation sites excluding steroid dienone is 1. The number of rotatable bonds is 5. The lowest BCUT2D eigenvalue weighted by atomic mass is 10.2. The van der Waals surface area contributed by atoms with Crippen LogP contribution in [-0.2, 0) is 20.1 Å². The summed E-state index contributed by atoms with van der Waals surface area (Å²) in [6.45, 7) is 4.98. The van der Waals surface area contributed by atoms with Gasteiger partial charge in [0.2, 0.25) is 5.95 Å². The normalized spacial score (nSPS) is 13.0. The molecular weight excluding hydrogens is 362 g/mol. The zero-order valence-electron chi connectivity index (χ0n) is 16.0. The predicted molar refractivity (Wildman–Crippen MR) is 106 cm³/mol. The van der Waals surface area contributed by atoms with Crippen LogP contribution in [0.5, 0.6) is 11.5 Å². The van der Waals surface area contributed by atoms with E-state index in [1.807, 2.05) is 21.6 Å². The summed E-state index contributed by atoms with van der Waals surface area (Å²) in [5.74, 6) is 1.92. The van der Waals surface area contributed by atoms with Crippen molar-refractivity contribution in [1.82, 2.24) is 18.7 Å². The first-order valence-electron chi connectivity index (χ1n) is 8.82. The Morgan fingerprint density at radius 2 is 2.00 bits per heavy atom. The zero-order chi connectivity index (χ0) is 20.0. The van der Waals surface area contributed by atoms with Crippen LogP contribution in [-0.4, -0.2) is 39.4 Å². The number of benzene rings is 1. The quantitative estimate of drug-likeness (QED) is 0.617. The molecule has 3 aromatic rings. The third-order valence-corrected chi connectivity index (χ3v) is 4.99. The molecule has 0 N–H and O–H groups in total. The summed E-state index contributed by atoms with van der Waals surface area (Å²) in [7, 11) is 4.80. The van der Waals surface area contributed by atoms with Crippen LogP contribution in [0.1, 0.15) is 0 Å². The van der Waals surface area contributed by atoms with Gasteiger partial charge in [-0.2, -0.15) is 4.98 Å². The van der Waals surface area contributed by atoms with Crippen LogP contribution in [0.25, 0.3) is 11.2 Å². The SMILES string of the molecule is C=CCn1c(=O)c2c(nc3n2CCN3c2ccc(OC)cc2OC)n(C)c1=O. The molecule has 0 aliphatic carbocycles. The first kappa shape index (κ1) is 17.9. The van der Waals surface area contributed by atoms with E-state index in [1.54, 1.807) is 27.3 Å². The first-order valence-corrected chi connectivity index (χ1v) is 8.82. The molecular formula is C19H21N5O4. The molecule has 3 heterocycles. The fourth-order valence-electron chi connectivity index (χ4n) is 3.60. The van der Waals surface area contributed by atoms with Crippen LogP contribution < -0.4 is 25.6 Å². The van der Waals surface area contributed by atoms with Crippen molar-refractivity contribution in [2.45, 2.75) is 13.1 Å². The van der Waals surface area contributed by atoms with Crippen molar-refractivity contribution < 1.29 is 9.47 Å². The zero-order valence-corrected chi connectivity index (χ0v) is 16.0. The van der Waals surface area contributed by atoms with Gasteiger partial charge in [0, 0.05) is 32.7 Å². The second-order valence-electron chi connectivity index (χ2n) is 6.47. The minimum atomic E-state index is -0.414. The smallest absolute Gasteiger partial charge is 0.332 e. The Balaban J connectivity index is 1.94. The molecule has 0 bridgehead atoms. The topological polar surface area (TPSA) is 83.5 Å². The number of methoxy groups -OCH3 is 2.